The van der Waals surface area contributed by atoms with Crippen LogP contribution in [0.15, 0.2) is 28.6 Å². The van der Waals surface area contributed by atoms with E-state index in [-0.39, 0.29) is 11.3 Å². The molecular formula is C14H20N4S2. The Morgan fingerprint density at radius 1 is 1.30 bits per heavy atom. The van der Waals surface area contributed by atoms with Crippen LogP contribution in [0.4, 0.5) is 5.13 Å². The van der Waals surface area contributed by atoms with Crippen LogP contribution in [0.3, 0.4) is 0 Å². The topological polar surface area (TPSA) is 55.0 Å². The van der Waals surface area contributed by atoms with E-state index in [0.717, 1.165) is 9.47 Å². The zero-order valence-electron chi connectivity index (χ0n) is 12.2. The summed E-state index contributed by atoms with van der Waals surface area (Å²) in [5.41, 5.74) is 8.65. The molecule has 108 valence electrons. The molecule has 2 rings (SSSR count). The summed E-state index contributed by atoms with van der Waals surface area (Å²) in [7, 11) is 3.94. The van der Waals surface area contributed by atoms with Crippen molar-refractivity contribution >= 4 is 28.2 Å². The quantitative estimate of drug-likeness (QED) is 0.860. The van der Waals surface area contributed by atoms with E-state index < -0.39 is 0 Å². The van der Waals surface area contributed by atoms with Crippen LogP contribution in [0.2, 0.25) is 0 Å². The number of nitrogens with zero attached hydrogens (tertiary/aromatic N) is 3. The molecule has 1 aromatic carbocycles. The Bertz CT molecular complexity index is 566. The molecule has 0 bridgehead atoms. The summed E-state index contributed by atoms with van der Waals surface area (Å²) in [6.07, 6.45) is 0. The number of hydrogen-bond acceptors (Lipinski definition) is 6. The molecule has 0 amide bonds. The second-order valence-corrected chi connectivity index (χ2v) is 7.40. The summed E-state index contributed by atoms with van der Waals surface area (Å²) in [6.45, 7) is 4.13. The molecule has 0 saturated heterocycles. The van der Waals surface area contributed by atoms with Gasteiger partial charge in [-0.15, -0.1) is 10.2 Å². The summed E-state index contributed by atoms with van der Waals surface area (Å²) >= 11 is 3.29. The summed E-state index contributed by atoms with van der Waals surface area (Å²) in [5.74, 6) is 0. The van der Waals surface area contributed by atoms with E-state index in [9.17, 15) is 0 Å². The third-order valence-electron chi connectivity index (χ3n) is 2.85. The number of hydrogen-bond donors (Lipinski definition) is 1. The van der Waals surface area contributed by atoms with Crippen LogP contribution in [0.5, 0.6) is 0 Å². The normalized spacial score (nSPS) is 14.1. The Morgan fingerprint density at radius 2 is 2.05 bits per heavy atom. The lowest BCUT2D eigenvalue weighted by atomic mass is 10.0. The molecule has 1 heterocycles. The number of anilines is 1. The van der Waals surface area contributed by atoms with Gasteiger partial charge in [0.2, 0.25) is 5.13 Å². The molecule has 20 heavy (non-hydrogen) atoms. The fourth-order valence-electron chi connectivity index (χ4n) is 1.87. The second kappa shape index (κ2) is 6.56. The van der Waals surface area contributed by atoms with Gasteiger partial charge in [-0.1, -0.05) is 52.9 Å². The van der Waals surface area contributed by atoms with Gasteiger partial charge in [0.15, 0.2) is 4.34 Å². The number of aromatic nitrogens is 2. The van der Waals surface area contributed by atoms with Crippen molar-refractivity contribution in [3.05, 3.63) is 35.4 Å². The number of benzene rings is 1. The van der Waals surface area contributed by atoms with Gasteiger partial charge in [-0.2, -0.15) is 0 Å². The van der Waals surface area contributed by atoms with Crippen LogP contribution >= 0.6 is 23.1 Å². The van der Waals surface area contributed by atoms with Gasteiger partial charge in [0.1, 0.15) is 0 Å². The lowest BCUT2D eigenvalue weighted by Gasteiger charge is -2.19. The van der Waals surface area contributed by atoms with E-state index in [1.165, 1.54) is 11.1 Å². The van der Waals surface area contributed by atoms with Gasteiger partial charge in [-0.3, -0.25) is 0 Å². The van der Waals surface area contributed by atoms with Gasteiger partial charge in [0, 0.05) is 20.1 Å². The van der Waals surface area contributed by atoms with E-state index in [2.05, 4.69) is 41.4 Å². The summed E-state index contributed by atoms with van der Waals surface area (Å²) in [6, 6.07) is 8.54. The van der Waals surface area contributed by atoms with E-state index in [1.807, 2.05) is 25.9 Å². The highest BCUT2D eigenvalue weighted by Gasteiger charge is 2.20. The summed E-state index contributed by atoms with van der Waals surface area (Å²) in [4.78, 5) is 1.97. The van der Waals surface area contributed by atoms with Crippen LogP contribution < -0.4 is 10.6 Å². The molecular weight excluding hydrogens is 288 g/mol. The molecule has 0 aliphatic carbocycles. The highest BCUT2D eigenvalue weighted by Crippen LogP contribution is 2.39. The van der Waals surface area contributed by atoms with Crippen LogP contribution in [-0.4, -0.2) is 30.3 Å². The molecule has 0 aliphatic rings. The van der Waals surface area contributed by atoms with Gasteiger partial charge in [-0.25, -0.2) is 0 Å². The maximum atomic E-state index is 6.16. The molecule has 2 N–H and O–H groups in total. The Balaban J connectivity index is 2.21. The standard InChI is InChI=1S/C14H20N4S2/c1-9-6-5-7-11(8-9)12(10(2)15)19-14-17-16-13(20-14)18(3)4/h5-8,10,12H,15H2,1-4H3. The predicted octanol–water partition coefficient (Wildman–Crippen LogP) is 3.09. The fourth-order valence-corrected chi connectivity index (χ4v) is 3.90. The molecule has 0 aliphatic heterocycles. The van der Waals surface area contributed by atoms with E-state index in [1.54, 1.807) is 23.1 Å². The van der Waals surface area contributed by atoms with Crippen molar-refractivity contribution < 1.29 is 0 Å². The largest absolute Gasteiger partial charge is 0.353 e. The molecule has 0 fully saturated rings. The Hall–Kier alpha value is -1.11. The molecule has 2 unspecified atom stereocenters. The zero-order chi connectivity index (χ0) is 14.7. The second-order valence-electron chi connectivity index (χ2n) is 5.06. The Kier molecular flexibility index (Phi) is 5.01. The third kappa shape index (κ3) is 3.71. The van der Waals surface area contributed by atoms with Crippen LogP contribution in [-0.2, 0) is 0 Å². The van der Waals surface area contributed by atoms with E-state index in [0.29, 0.717) is 0 Å². The van der Waals surface area contributed by atoms with Crippen molar-refractivity contribution in [2.24, 2.45) is 5.73 Å². The highest BCUT2D eigenvalue weighted by molar-refractivity contribution is 8.01. The minimum absolute atomic E-state index is 0.0495. The van der Waals surface area contributed by atoms with Crippen molar-refractivity contribution in [2.75, 3.05) is 19.0 Å². The SMILES string of the molecule is Cc1cccc(C(Sc2nnc(N(C)C)s2)C(C)N)c1. The number of aryl methyl sites for hydroxylation is 1. The fraction of sp³-hybridized carbons (Fsp3) is 0.429. The molecule has 1 aromatic heterocycles. The van der Waals surface area contributed by atoms with Crippen molar-refractivity contribution in [3.8, 4) is 0 Å². The smallest absolute Gasteiger partial charge is 0.208 e. The summed E-state index contributed by atoms with van der Waals surface area (Å²) in [5, 5.41) is 9.52. The van der Waals surface area contributed by atoms with Gasteiger partial charge >= 0.3 is 0 Å². The van der Waals surface area contributed by atoms with E-state index in [4.69, 9.17) is 5.73 Å². The first-order valence-corrected chi connectivity index (χ1v) is 8.16. The van der Waals surface area contributed by atoms with Crippen molar-refractivity contribution in [1.29, 1.82) is 0 Å². The van der Waals surface area contributed by atoms with Crippen LogP contribution in [0, 0.1) is 6.92 Å². The predicted molar refractivity (Wildman–Crippen MR) is 87.7 cm³/mol. The van der Waals surface area contributed by atoms with E-state index >= 15 is 0 Å². The third-order valence-corrected chi connectivity index (χ3v) is 5.52. The minimum atomic E-state index is 0.0495. The molecule has 0 radical (unpaired) electrons. The number of thioether (sulfide) groups is 1. The first-order valence-electron chi connectivity index (χ1n) is 6.47. The molecule has 4 nitrogen and oxygen atoms in total. The van der Waals surface area contributed by atoms with Gasteiger partial charge in [-0.05, 0) is 19.4 Å². The highest BCUT2D eigenvalue weighted by atomic mass is 32.2. The molecule has 0 spiro atoms. The summed E-state index contributed by atoms with van der Waals surface area (Å²) < 4.78 is 0.956. The van der Waals surface area contributed by atoms with Crippen LogP contribution in [0.25, 0.3) is 0 Å². The van der Waals surface area contributed by atoms with Gasteiger partial charge < -0.3 is 10.6 Å². The first kappa shape index (κ1) is 15.3. The average molecular weight is 308 g/mol. The Morgan fingerprint density at radius 3 is 2.60 bits per heavy atom. The lowest BCUT2D eigenvalue weighted by Crippen LogP contribution is -2.22. The number of rotatable bonds is 5. The first-order chi connectivity index (χ1) is 9.47. The van der Waals surface area contributed by atoms with Crippen molar-refractivity contribution in [1.82, 2.24) is 10.2 Å². The maximum absolute atomic E-state index is 6.16. The molecule has 2 aromatic rings. The average Bonchev–Trinajstić information content (AvgIpc) is 2.84. The zero-order valence-corrected chi connectivity index (χ0v) is 13.8. The van der Waals surface area contributed by atoms with Gasteiger partial charge in [0.25, 0.3) is 0 Å². The minimum Gasteiger partial charge on any atom is -0.353 e. The lowest BCUT2D eigenvalue weighted by molar-refractivity contribution is 0.720. The molecule has 0 saturated carbocycles. The number of nitrogens with two attached hydrogens (primary N) is 1. The van der Waals surface area contributed by atoms with Crippen molar-refractivity contribution in [3.63, 3.8) is 0 Å². The van der Waals surface area contributed by atoms with Crippen LogP contribution in [0.1, 0.15) is 23.3 Å². The Labute approximate surface area is 128 Å². The maximum Gasteiger partial charge on any atom is 0.208 e. The monoisotopic (exact) mass is 308 g/mol. The van der Waals surface area contributed by atoms with Crippen molar-refractivity contribution in [2.45, 2.75) is 29.5 Å². The molecule has 2 atom stereocenters. The molecule has 6 heteroatoms. The van der Waals surface area contributed by atoms with Gasteiger partial charge in [0.05, 0.1) is 5.25 Å².